The Hall–Kier alpha value is -0.570. The van der Waals surface area contributed by atoms with Gasteiger partial charge < -0.3 is 20.3 Å². The highest BCUT2D eigenvalue weighted by molar-refractivity contribution is 14.0. The lowest BCUT2D eigenvalue weighted by Gasteiger charge is -2.20. The van der Waals surface area contributed by atoms with Crippen molar-refractivity contribution < 1.29 is 9.53 Å². The first-order valence-corrected chi connectivity index (χ1v) is 8.06. The van der Waals surface area contributed by atoms with Crippen LogP contribution in [-0.4, -0.2) is 63.2 Å². The van der Waals surface area contributed by atoms with Crippen LogP contribution in [-0.2, 0) is 9.53 Å². The lowest BCUT2D eigenvalue weighted by atomic mass is 10.2. The Kier molecular flexibility index (Phi) is 13.7. The summed E-state index contributed by atoms with van der Waals surface area (Å²) in [5.74, 6) is 1.12. The third-order valence-corrected chi connectivity index (χ3v) is 3.47. The predicted molar refractivity (Wildman–Crippen MR) is 101 cm³/mol. The second-order valence-corrected chi connectivity index (χ2v) is 5.23. The van der Waals surface area contributed by atoms with Gasteiger partial charge in [0, 0.05) is 46.3 Å². The molecule has 1 heterocycles. The molecule has 130 valence electrons. The van der Waals surface area contributed by atoms with E-state index in [4.69, 9.17) is 4.74 Å². The summed E-state index contributed by atoms with van der Waals surface area (Å²) < 4.78 is 5.01. The largest absolute Gasteiger partial charge is 0.383 e. The fourth-order valence-electron chi connectivity index (χ4n) is 2.34. The van der Waals surface area contributed by atoms with E-state index in [9.17, 15) is 4.79 Å². The van der Waals surface area contributed by atoms with Crippen molar-refractivity contribution in [3.63, 3.8) is 0 Å². The van der Waals surface area contributed by atoms with E-state index in [0.717, 1.165) is 57.9 Å². The zero-order valence-corrected chi connectivity index (χ0v) is 16.2. The van der Waals surface area contributed by atoms with Crippen LogP contribution in [0.25, 0.3) is 0 Å². The van der Waals surface area contributed by atoms with Crippen molar-refractivity contribution in [1.29, 1.82) is 0 Å². The highest BCUT2D eigenvalue weighted by Gasteiger charge is 2.15. The van der Waals surface area contributed by atoms with E-state index in [1.165, 1.54) is 6.42 Å². The number of likely N-dealkylation sites (tertiary alicyclic amines) is 1. The molecule has 1 fully saturated rings. The summed E-state index contributed by atoms with van der Waals surface area (Å²) in [6, 6.07) is 0. The molecule has 0 radical (unpaired) electrons. The molecule has 0 aromatic rings. The van der Waals surface area contributed by atoms with Crippen LogP contribution < -0.4 is 10.6 Å². The lowest BCUT2D eigenvalue weighted by Crippen LogP contribution is -2.39. The fraction of sp³-hybridized carbons (Fsp3) is 0.867. The number of carbonyl (C=O) groups excluding carboxylic acids is 1. The summed E-state index contributed by atoms with van der Waals surface area (Å²) in [6.07, 6.45) is 4.98. The third-order valence-electron chi connectivity index (χ3n) is 3.47. The zero-order valence-electron chi connectivity index (χ0n) is 13.9. The molecule has 0 bridgehead atoms. The van der Waals surface area contributed by atoms with Gasteiger partial charge in [0.15, 0.2) is 5.96 Å². The molecule has 7 heteroatoms. The first-order valence-electron chi connectivity index (χ1n) is 8.06. The smallest absolute Gasteiger partial charge is 0.222 e. The minimum absolute atomic E-state index is 0. The number of nitrogens with one attached hydrogen (secondary N) is 2. The van der Waals surface area contributed by atoms with Crippen molar-refractivity contribution in [2.75, 3.05) is 46.4 Å². The van der Waals surface area contributed by atoms with Crippen LogP contribution >= 0.6 is 24.0 Å². The van der Waals surface area contributed by atoms with Crippen molar-refractivity contribution >= 4 is 35.8 Å². The molecular formula is C15H31IN4O2. The molecule has 22 heavy (non-hydrogen) atoms. The molecule has 2 N–H and O–H groups in total. The van der Waals surface area contributed by atoms with E-state index in [0.29, 0.717) is 18.9 Å². The first kappa shape index (κ1) is 21.4. The second-order valence-electron chi connectivity index (χ2n) is 5.23. The van der Waals surface area contributed by atoms with E-state index >= 15 is 0 Å². The van der Waals surface area contributed by atoms with Crippen LogP contribution in [0.15, 0.2) is 4.99 Å². The number of carbonyl (C=O) groups is 1. The molecule has 0 aromatic heterocycles. The van der Waals surface area contributed by atoms with E-state index in [1.54, 1.807) is 7.11 Å². The maximum atomic E-state index is 11.9. The number of hydrogen-bond acceptors (Lipinski definition) is 3. The molecule has 1 amide bonds. The first-order chi connectivity index (χ1) is 10.3. The lowest BCUT2D eigenvalue weighted by molar-refractivity contribution is -0.130. The minimum atomic E-state index is 0. The van der Waals surface area contributed by atoms with Gasteiger partial charge in [0.1, 0.15) is 0 Å². The number of halogens is 1. The van der Waals surface area contributed by atoms with E-state index < -0.39 is 0 Å². The van der Waals surface area contributed by atoms with Gasteiger partial charge in [-0.15, -0.1) is 24.0 Å². The molecule has 1 aliphatic heterocycles. The van der Waals surface area contributed by atoms with Crippen LogP contribution in [0.1, 0.15) is 39.0 Å². The number of ether oxygens (including phenoxy) is 1. The Morgan fingerprint density at radius 3 is 2.86 bits per heavy atom. The quantitative estimate of drug-likeness (QED) is 0.268. The van der Waals surface area contributed by atoms with Gasteiger partial charge in [-0.1, -0.05) is 6.42 Å². The molecule has 0 spiro atoms. The van der Waals surface area contributed by atoms with Crippen molar-refractivity contribution in [3.05, 3.63) is 0 Å². The third kappa shape index (κ3) is 9.45. The standard InChI is InChI=1S/C15H30N4O2.HI/c1-3-16-15(18-10-13-21-2)17-9-7-12-19-11-6-4-5-8-14(19)20;/h3-13H2,1-2H3,(H2,16,17,18);1H. The monoisotopic (exact) mass is 426 g/mol. The predicted octanol–water partition coefficient (Wildman–Crippen LogP) is 1.60. The van der Waals surface area contributed by atoms with Gasteiger partial charge in [-0.05, 0) is 26.2 Å². The van der Waals surface area contributed by atoms with Crippen molar-refractivity contribution in [1.82, 2.24) is 15.5 Å². The zero-order chi connectivity index (χ0) is 15.3. The van der Waals surface area contributed by atoms with Gasteiger partial charge in [0.2, 0.25) is 5.91 Å². The second kappa shape index (κ2) is 14.0. The Morgan fingerprint density at radius 2 is 2.14 bits per heavy atom. The Morgan fingerprint density at radius 1 is 1.32 bits per heavy atom. The Bertz CT molecular complexity index is 327. The summed E-state index contributed by atoms with van der Waals surface area (Å²) in [5.41, 5.74) is 0. The van der Waals surface area contributed by atoms with Gasteiger partial charge in [0.05, 0.1) is 6.61 Å². The van der Waals surface area contributed by atoms with Crippen LogP contribution in [0.2, 0.25) is 0 Å². The molecule has 0 unspecified atom stereocenters. The molecule has 1 aliphatic rings. The summed E-state index contributed by atoms with van der Waals surface area (Å²) in [6.45, 7) is 6.74. The normalized spacial score (nSPS) is 16.0. The molecule has 1 saturated heterocycles. The molecule has 0 aromatic carbocycles. The molecule has 1 rings (SSSR count). The maximum absolute atomic E-state index is 11.9. The van der Waals surface area contributed by atoms with Crippen molar-refractivity contribution in [3.8, 4) is 0 Å². The SMILES string of the molecule is CCNC(=NCCCN1CCCCCC1=O)NCCOC.I. The molecule has 0 aliphatic carbocycles. The number of nitrogens with zero attached hydrogens (tertiary/aromatic N) is 2. The Labute approximate surface area is 151 Å². The number of amides is 1. The van der Waals surface area contributed by atoms with Crippen LogP contribution in [0.3, 0.4) is 0 Å². The van der Waals surface area contributed by atoms with Gasteiger partial charge in [0.25, 0.3) is 0 Å². The highest BCUT2D eigenvalue weighted by Crippen LogP contribution is 2.11. The van der Waals surface area contributed by atoms with E-state index in [-0.39, 0.29) is 24.0 Å². The van der Waals surface area contributed by atoms with Crippen molar-refractivity contribution in [2.24, 2.45) is 4.99 Å². The summed E-state index contributed by atoms with van der Waals surface area (Å²) in [5, 5.41) is 6.41. The summed E-state index contributed by atoms with van der Waals surface area (Å²) >= 11 is 0. The highest BCUT2D eigenvalue weighted by atomic mass is 127. The summed E-state index contributed by atoms with van der Waals surface area (Å²) in [7, 11) is 1.68. The van der Waals surface area contributed by atoms with Crippen LogP contribution in [0.5, 0.6) is 0 Å². The van der Waals surface area contributed by atoms with Crippen molar-refractivity contribution in [2.45, 2.75) is 39.0 Å². The van der Waals surface area contributed by atoms with Crippen LogP contribution in [0, 0.1) is 0 Å². The molecule has 0 saturated carbocycles. The van der Waals surface area contributed by atoms with Gasteiger partial charge in [-0.3, -0.25) is 9.79 Å². The number of rotatable bonds is 8. The average molecular weight is 426 g/mol. The van der Waals surface area contributed by atoms with E-state index in [1.807, 2.05) is 11.8 Å². The van der Waals surface area contributed by atoms with E-state index in [2.05, 4.69) is 15.6 Å². The van der Waals surface area contributed by atoms with Gasteiger partial charge in [-0.2, -0.15) is 0 Å². The maximum Gasteiger partial charge on any atom is 0.222 e. The van der Waals surface area contributed by atoms with Gasteiger partial charge in [-0.25, -0.2) is 0 Å². The Balaban J connectivity index is 0.00000441. The number of methoxy groups -OCH3 is 1. The topological polar surface area (TPSA) is 66.0 Å². The van der Waals surface area contributed by atoms with Gasteiger partial charge >= 0.3 is 0 Å². The number of hydrogen-bond donors (Lipinski definition) is 2. The molecule has 0 atom stereocenters. The molecular weight excluding hydrogens is 395 g/mol. The average Bonchev–Trinajstić information content (AvgIpc) is 2.68. The summed E-state index contributed by atoms with van der Waals surface area (Å²) in [4.78, 5) is 18.4. The molecule has 6 nitrogen and oxygen atoms in total. The number of guanidine groups is 1. The minimum Gasteiger partial charge on any atom is -0.383 e. The fourth-order valence-corrected chi connectivity index (χ4v) is 2.34. The number of aliphatic imine (C=N–C) groups is 1. The van der Waals surface area contributed by atoms with Crippen LogP contribution in [0.4, 0.5) is 0 Å².